The lowest BCUT2D eigenvalue weighted by atomic mass is 10.0. The molecule has 0 spiro atoms. The van der Waals surface area contributed by atoms with Gasteiger partial charge in [-0.15, -0.1) is 0 Å². The van der Waals surface area contributed by atoms with Crippen LogP contribution < -0.4 is 9.47 Å². The van der Waals surface area contributed by atoms with Crippen LogP contribution in [0.15, 0.2) is 16.6 Å². The average Bonchev–Trinajstić information content (AvgIpc) is 2.53. The van der Waals surface area contributed by atoms with E-state index in [-0.39, 0.29) is 6.10 Å². The van der Waals surface area contributed by atoms with Gasteiger partial charge in [-0.2, -0.15) is 0 Å². The van der Waals surface area contributed by atoms with Gasteiger partial charge in [-0.25, -0.2) is 0 Å². The van der Waals surface area contributed by atoms with E-state index >= 15 is 0 Å². The molecule has 0 amide bonds. The van der Waals surface area contributed by atoms with E-state index in [9.17, 15) is 5.11 Å². The molecule has 2 atom stereocenters. The number of nitrogens with zero attached hydrogens (tertiary/aromatic N) is 1. The van der Waals surface area contributed by atoms with Crippen molar-refractivity contribution in [2.45, 2.75) is 19.1 Å². The van der Waals surface area contributed by atoms with Crippen LogP contribution in [0.2, 0.25) is 0 Å². The third-order valence-corrected chi connectivity index (χ3v) is 4.56. The van der Waals surface area contributed by atoms with Gasteiger partial charge < -0.3 is 19.3 Å². The summed E-state index contributed by atoms with van der Waals surface area (Å²) in [6, 6.07) is 3.63. The molecule has 1 aliphatic rings. The summed E-state index contributed by atoms with van der Waals surface area (Å²) in [7, 11) is 3.18. The Balaban J connectivity index is 2.26. The lowest BCUT2D eigenvalue weighted by molar-refractivity contribution is -0.0893. The zero-order chi connectivity index (χ0) is 15.4. The fraction of sp³-hybridized carbons (Fsp3) is 0.600. The molecule has 1 aliphatic heterocycles. The van der Waals surface area contributed by atoms with Crippen molar-refractivity contribution < 1.29 is 19.3 Å². The minimum absolute atomic E-state index is 0.257. The Kier molecular flexibility index (Phi) is 5.87. The second kappa shape index (κ2) is 7.45. The van der Waals surface area contributed by atoms with E-state index in [2.05, 4.69) is 27.8 Å². The van der Waals surface area contributed by atoms with Crippen LogP contribution >= 0.6 is 15.9 Å². The Morgan fingerprint density at radius 2 is 2.19 bits per heavy atom. The van der Waals surface area contributed by atoms with Crippen molar-refractivity contribution in [3.63, 3.8) is 0 Å². The number of aliphatic hydroxyl groups is 1. The Morgan fingerprint density at radius 3 is 2.81 bits per heavy atom. The van der Waals surface area contributed by atoms with Crippen molar-refractivity contribution in [1.29, 1.82) is 0 Å². The molecule has 1 aromatic carbocycles. The SMILES string of the molecule is CCN1CCOC(C(O)c2ccc(OC)c(Br)c2OC)C1. The van der Waals surface area contributed by atoms with E-state index in [0.717, 1.165) is 13.1 Å². The third kappa shape index (κ3) is 3.51. The summed E-state index contributed by atoms with van der Waals surface area (Å²) in [6.45, 7) is 5.32. The molecular formula is C15H22BrNO4. The number of likely N-dealkylation sites (N-methyl/N-ethyl adjacent to an activating group) is 1. The summed E-state index contributed by atoms with van der Waals surface area (Å²) in [5.41, 5.74) is 0.702. The van der Waals surface area contributed by atoms with Crippen LogP contribution in [-0.2, 0) is 4.74 Å². The van der Waals surface area contributed by atoms with Crippen LogP contribution in [0.3, 0.4) is 0 Å². The summed E-state index contributed by atoms with van der Waals surface area (Å²) in [4.78, 5) is 2.27. The maximum Gasteiger partial charge on any atom is 0.142 e. The molecule has 0 aromatic heterocycles. The number of halogens is 1. The molecule has 0 radical (unpaired) electrons. The minimum atomic E-state index is -0.739. The predicted molar refractivity (Wildman–Crippen MR) is 84.1 cm³/mol. The molecule has 0 saturated carbocycles. The molecule has 21 heavy (non-hydrogen) atoms. The van der Waals surface area contributed by atoms with Gasteiger partial charge in [0.2, 0.25) is 0 Å². The van der Waals surface area contributed by atoms with Crippen LogP contribution in [0.5, 0.6) is 11.5 Å². The van der Waals surface area contributed by atoms with Crippen molar-refractivity contribution in [3.8, 4) is 11.5 Å². The molecule has 5 nitrogen and oxygen atoms in total. The number of rotatable bonds is 5. The Labute approximate surface area is 133 Å². The van der Waals surface area contributed by atoms with Crippen LogP contribution in [0, 0.1) is 0 Å². The molecule has 1 fully saturated rings. The highest BCUT2D eigenvalue weighted by molar-refractivity contribution is 9.10. The number of hydrogen-bond donors (Lipinski definition) is 1. The predicted octanol–water partition coefficient (Wildman–Crippen LogP) is 2.22. The number of methoxy groups -OCH3 is 2. The van der Waals surface area contributed by atoms with Gasteiger partial charge in [0.1, 0.15) is 28.2 Å². The molecular weight excluding hydrogens is 338 g/mol. The molecule has 6 heteroatoms. The van der Waals surface area contributed by atoms with Gasteiger partial charge in [0.25, 0.3) is 0 Å². The van der Waals surface area contributed by atoms with Crippen LogP contribution in [0.25, 0.3) is 0 Å². The number of aliphatic hydroxyl groups excluding tert-OH is 1. The summed E-state index contributed by atoms with van der Waals surface area (Å²) in [6.07, 6.45) is -0.996. The Hall–Kier alpha value is -0.820. The first-order chi connectivity index (χ1) is 10.1. The van der Waals surface area contributed by atoms with Gasteiger partial charge in [-0.1, -0.05) is 6.92 Å². The molecule has 1 heterocycles. The van der Waals surface area contributed by atoms with Crippen molar-refractivity contribution >= 4 is 15.9 Å². The maximum absolute atomic E-state index is 10.7. The topological polar surface area (TPSA) is 51.2 Å². The molecule has 1 aromatic rings. The van der Waals surface area contributed by atoms with E-state index < -0.39 is 6.10 Å². The van der Waals surface area contributed by atoms with Crippen molar-refractivity contribution in [1.82, 2.24) is 4.90 Å². The van der Waals surface area contributed by atoms with Gasteiger partial charge in [0.15, 0.2) is 0 Å². The molecule has 118 valence electrons. The minimum Gasteiger partial charge on any atom is -0.495 e. The zero-order valence-electron chi connectivity index (χ0n) is 12.6. The van der Waals surface area contributed by atoms with Crippen LogP contribution in [0.1, 0.15) is 18.6 Å². The van der Waals surface area contributed by atoms with Crippen molar-refractivity contribution in [2.75, 3.05) is 40.5 Å². The zero-order valence-corrected chi connectivity index (χ0v) is 14.2. The van der Waals surface area contributed by atoms with Crippen LogP contribution in [0.4, 0.5) is 0 Å². The van der Waals surface area contributed by atoms with E-state index in [1.165, 1.54) is 0 Å². The smallest absolute Gasteiger partial charge is 0.142 e. The highest BCUT2D eigenvalue weighted by Gasteiger charge is 2.30. The molecule has 2 rings (SSSR count). The fourth-order valence-corrected chi connectivity index (χ4v) is 3.25. The normalized spacial score (nSPS) is 21.1. The number of ether oxygens (including phenoxy) is 3. The highest BCUT2D eigenvalue weighted by Crippen LogP contribution is 2.41. The average molecular weight is 360 g/mol. The van der Waals surface area contributed by atoms with Crippen molar-refractivity contribution in [2.24, 2.45) is 0 Å². The first-order valence-corrected chi connectivity index (χ1v) is 7.84. The monoisotopic (exact) mass is 359 g/mol. The molecule has 1 saturated heterocycles. The number of benzene rings is 1. The Bertz CT molecular complexity index is 483. The second-order valence-corrected chi connectivity index (χ2v) is 5.74. The molecule has 2 unspecified atom stereocenters. The van der Waals surface area contributed by atoms with Gasteiger partial charge in [0.05, 0.1) is 20.8 Å². The molecule has 1 N–H and O–H groups in total. The van der Waals surface area contributed by atoms with E-state index in [4.69, 9.17) is 14.2 Å². The number of hydrogen-bond acceptors (Lipinski definition) is 5. The standard InChI is InChI=1S/C15H22BrNO4/c1-4-17-7-8-21-12(9-17)14(18)10-5-6-11(19-2)13(16)15(10)20-3/h5-6,12,14,18H,4,7-9H2,1-3H3. The van der Waals surface area contributed by atoms with Gasteiger partial charge in [-0.05, 0) is 34.6 Å². The highest BCUT2D eigenvalue weighted by atomic mass is 79.9. The van der Waals surface area contributed by atoms with E-state index in [1.54, 1.807) is 14.2 Å². The first-order valence-electron chi connectivity index (χ1n) is 7.04. The van der Waals surface area contributed by atoms with Gasteiger partial charge in [-0.3, -0.25) is 4.90 Å². The second-order valence-electron chi connectivity index (χ2n) is 4.95. The summed E-state index contributed by atoms with van der Waals surface area (Å²) < 4.78 is 17.1. The van der Waals surface area contributed by atoms with E-state index in [1.807, 2.05) is 12.1 Å². The Morgan fingerprint density at radius 1 is 1.43 bits per heavy atom. The lowest BCUT2D eigenvalue weighted by Gasteiger charge is -2.35. The summed E-state index contributed by atoms with van der Waals surface area (Å²) in [5.74, 6) is 1.25. The van der Waals surface area contributed by atoms with Crippen LogP contribution in [-0.4, -0.2) is 56.6 Å². The third-order valence-electron chi connectivity index (χ3n) is 3.81. The number of morpholine rings is 1. The maximum atomic E-state index is 10.7. The van der Waals surface area contributed by atoms with Gasteiger partial charge >= 0.3 is 0 Å². The molecule has 0 aliphatic carbocycles. The van der Waals surface area contributed by atoms with Crippen molar-refractivity contribution in [3.05, 3.63) is 22.2 Å². The lowest BCUT2D eigenvalue weighted by Crippen LogP contribution is -2.44. The van der Waals surface area contributed by atoms with Gasteiger partial charge in [0, 0.05) is 18.7 Å². The first kappa shape index (κ1) is 16.5. The largest absolute Gasteiger partial charge is 0.495 e. The summed E-state index contributed by atoms with van der Waals surface area (Å²) in [5, 5.41) is 10.7. The molecule has 0 bridgehead atoms. The van der Waals surface area contributed by atoms with E-state index in [0.29, 0.717) is 34.7 Å². The summed E-state index contributed by atoms with van der Waals surface area (Å²) >= 11 is 3.46. The quantitative estimate of drug-likeness (QED) is 0.873. The fourth-order valence-electron chi connectivity index (χ4n) is 2.56.